The lowest BCUT2D eigenvalue weighted by Crippen LogP contribution is -2.01. The molecule has 5 heteroatoms. The van der Waals surface area contributed by atoms with Gasteiger partial charge in [-0.1, -0.05) is 12.1 Å². The highest BCUT2D eigenvalue weighted by atomic mass is 16.4. The van der Waals surface area contributed by atoms with Crippen LogP contribution >= 0.6 is 0 Å². The molecule has 2 rings (SSSR count). The number of imidazole rings is 1. The van der Waals surface area contributed by atoms with Gasteiger partial charge >= 0.3 is 5.97 Å². The number of carboxylic acids is 1. The lowest BCUT2D eigenvalue weighted by Gasteiger charge is -2.08. The first-order chi connectivity index (χ1) is 7.68. The molecule has 3 N–H and O–H groups in total. The highest BCUT2D eigenvalue weighted by Gasteiger charge is 2.12. The lowest BCUT2D eigenvalue weighted by atomic mass is 10.1. The predicted octanol–water partition coefficient (Wildman–Crippen LogP) is 1.19. The van der Waals surface area contributed by atoms with Gasteiger partial charge in [0.05, 0.1) is 23.8 Å². The van der Waals surface area contributed by atoms with Crippen LogP contribution in [0.1, 0.15) is 27.7 Å². The number of aromatic carboxylic acids is 1. The van der Waals surface area contributed by atoms with E-state index in [1.54, 1.807) is 12.1 Å². The van der Waals surface area contributed by atoms with Crippen molar-refractivity contribution < 1.29 is 15.0 Å². The molecule has 0 bridgehead atoms. The van der Waals surface area contributed by atoms with Crippen LogP contribution in [0.3, 0.4) is 0 Å². The average molecular weight is 218 g/mol. The van der Waals surface area contributed by atoms with Crippen molar-refractivity contribution in [3.8, 4) is 0 Å². The van der Waals surface area contributed by atoms with Crippen LogP contribution in [0.15, 0.2) is 36.8 Å². The molecule has 0 spiro atoms. The minimum Gasteiger partial charge on any atom is -0.478 e. The molecule has 5 nitrogen and oxygen atoms in total. The number of aliphatic hydroxyl groups excluding tert-OH is 1. The monoisotopic (exact) mass is 218 g/mol. The molecule has 0 radical (unpaired) electrons. The molecular formula is C11H10N2O3. The number of nitrogens with zero attached hydrogens (tertiary/aromatic N) is 1. The summed E-state index contributed by atoms with van der Waals surface area (Å²) in [5.74, 6) is -0.984. The second-order valence-electron chi connectivity index (χ2n) is 3.34. The molecule has 0 aliphatic heterocycles. The fraction of sp³-hybridized carbons (Fsp3) is 0.0909. The summed E-state index contributed by atoms with van der Waals surface area (Å²) < 4.78 is 0. The Hall–Kier alpha value is -2.14. The number of rotatable bonds is 3. The number of aromatic nitrogens is 2. The van der Waals surface area contributed by atoms with Gasteiger partial charge in [0.15, 0.2) is 0 Å². The van der Waals surface area contributed by atoms with Crippen molar-refractivity contribution in [2.45, 2.75) is 6.10 Å². The van der Waals surface area contributed by atoms with E-state index in [1.807, 2.05) is 0 Å². The van der Waals surface area contributed by atoms with E-state index in [4.69, 9.17) is 5.11 Å². The minimum atomic E-state index is -0.984. The van der Waals surface area contributed by atoms with Gasteiger partial charge in [-0.2, -0.15) is 0 Å². The van der Waals surface area contributed by atoms with Crippen LogP contribution < -0.4 is 0 Å². The molecule has 82 valence electrons. The van der Waals surface area contributed by atoms with E-state index in [1.165, 1.54) is 24.7 Å². The normalized spacial score (nSPS) is 12.3. The SMILES string of the molecule is O=C(O)c1ccc(C(O)c2cnc[nH]2)cc1. The van der Waals surface area contributed by atoms with Gasteiger partial charge in [-0.05, 0) is 17.7 Å². The van der Waals surface area contributed by atoms with Crippen LogP contribution in [0.5, 0.6) is 0 Å². The van der Waals surface area contributed by atoms with Crippen LogP contribution in [-0.4, -0.2) is 26.2 Å². The first-order valence-corrected chi connectivity index (χ1v) is 4.68. The van der Waals surface area contributed by atoms with Gasteiger partial charge in [0.25, 0.3) is 0 Å². The molecular weight excluding hydrogens is 208 g/mol. The Morgan fingerprint density at radius 1 is 1.31 bits per heavy atom. The number of aromatic amines is 1. The summed E-state index contributed by atoms with van der Waals surface area (Å²) in [4.78, 5) is 17.2. The number of benzene rings is 1. The molecule has 0 amide bonds. The lowest BCUT2D eigenvalue weighted by molar-refractivity contribution is 0.0696. The second kappa shape index (κ2) is 4.16. The molecule has 0 saturated heterocycles. The van der Waals surface area contributed by atoms with E-state index in [2.05, 4.69) is 9.97 Å². The maximum absolute atomic E-state index is 10.6. The van der Waals surface area contributed by atoms with E-state index >= 15 is 0 Å². The number of hydrogen-bond acceptors (Lipinski definition) is 3. The fourth-order valence-electron chi connectivity index (χ4n) is 1.40. The summed E-state index contributed by atoms with van der Waals surface area (Å²) >= 11 is 0. The topological polar surface area (TPSA) is 86.2 Å². The molecule has 0 aliphatic carbocycles. The summed E-state index contributed by atoms with van der Waals surface area (Å²) in [6.45, 7) is 0. The molecule has 1 heterocycles. The van der Waals surface area contributed by atoms with E-state index in [0.717, 1.165) is 0 Å². The summed E-state index contributed by atoms with van der Waals surface area (Å²) in [5, 5.41) is 18.6. The predicted molar refractivity (Wildman–Crippen MR) is 56.1 cm³/mol. The smallest absolute Gasteiger partial charge is 0.335 e. The third-order valence-electron chi connectivity index (χ3n) is 2.29. The Bertz CT molecular complexity index is 476. The quantitative estimate of drug-likeness (QED) is 0.722. The zero-order chi connectivity index (χ0) is 11.5. The van der Waals surface area contributed by atoms with Gasteiger partial charge in [-0.15, -0.1) is 0 Å². The molecule has 0 aliphatic rings. The van der Waals surface area contributed by atoms with Crippen LogP contribution in [0, 0.1) is 0 Å². The molecule has 2 aromatic rings. The molecule has 1 atom stereocenters. The number of carbonyl (C=O) groups is 1. The van der Waals surface area contributed by atoms with Gasteiger partial charge in [0.2, 0.25) is 0 Å². The van der Waals surface area contributed by atoms with Crippen molar-refractivity contribution in [1.82, 2.24) is 9.97 Å². The zero-order valence-electron chi connectivity index (χ0n) is 8.29. The molecule has 1 unspecified atom stereocenters. The molecule has 16 heavy (non-hydrogen) atoms. The van der Waals surface area contributed by atoms with Crippen LogP contribution in [0.2, 0.25) is 0 Å². The zero-order valence-corrected chi connectivity index (χ0v) is 8.29. The van der Waals surface area contributed by atoms with E-state index in [-0.39, 0.29) is 5.56 Å². The highest BCUT2D eigenvalue weighted by molar-refractivity contribution is 5.87. The summed E-state index contributed by atoms with van der Waals surface area (Å²) in [7, 11) is 0. The number of hydrogen-bond donors (Lipinski definition) is 3. The third-order valence-corrected chi connectivity index (χ3v) is 2.29. The number of nitrogens with one attached hydrogen (secondary N) is 1. The Morgan fingerprint density at radius 2 is 2.00 bits per heavy atom. The largest absolute Gasteiger partial charge is 0.478 e. The summed E-state index contributed by atoms with van der Waals surface area (Å²) in [6.07, 6.45) is 2.19. The van der Waals surface area contributed by atoms with Gasteiger partial charge in [0.1, 0.15) is 6.10 Å². The molecule has 0 saturated carbocycles. The van der Waals surface area contributed by atoms with Crippen molar-refractivity contribution in [3.63, 3.8) is 0 Å². The van der Waals surface area contributed by atoms with Crippen LogP contribution in [-0.2, 0) is 0 Å². The Morgan fingerprint density at radius 3 is 2.50 bits per heavy atom. The molecule has 0 fully saturated rings. The van der Waals surface area contributed by atoms with E-state index in [9.17, 15) is 9.90 Å². The Labute approximate surface area is 91.4 Å². The summed E-state index contributed by atoms with van der Waals surface area (Å²) in [5.41, 5.74) is 1.39. The Kier molecular flexibility index (Phi) is 2.70. The van der Waals surface area contributed by atoms with Crippen LogP contribution in [0.25, 0.3) is 0 Å². The average Bonchev–Trinajstić information content (AvgIpc) is 2.81. The van der Waals surface area contributed by atoms with Gasteiger partial charge < -0.3 is 15.2 Å². The Balaban J connectivity index is 2.25. The minimum absolute atomic E-state index is 0.195. The number of carboxylic acid groups (broad SMARTS) is 1. The van der Waals surface area contributed by atoms with Gasteiger partial charge in [0, 0.05) is 0 Å². The van der Waals surface area contributed by atoms with Crippen molar-refractivity contribution >= 4 is 5.97 Å². The van der Waals surface area contributed by atoms with Crippen LogP contribution in [0.4, 0.5) is 0 Å². The molecule has 1 aromatic carbocycles. The first kappa shape index (κ1) is 10.4. The highest BCUT2D eigenvalue weighted by Crippen LogP contribution is 2.19. The van der Waals surface area contributed by atoms with Gasteiger partial charge in [-0.25, -0.2) is 9.78 Å². The maximum atomic E-state index is 10.6. The number of H-pyrrole nitrogens is 1. The van der Waals surface area contributed by atoms with E-state index < -0.39 is 12.1 Å². The van der Waals surface area contributed by atoms with E-state index in [0.29, 0.717) is 11.3 Å². The third kappa shape index (κ3) is 1.94. The maximum Gasteiger partial charge on any atom is 0.335 e. The second-order valence-corrected chi connectivity index (χ2v) is 3.34. The van der Waals surface area contributed by atoms with Crippen molar-refractivity contribution in [1.29, 1.82) is 0 Å². The van der Waals surface area contributed by atoms with Gasteiger partial charge in [-0.3, -0.25) is 0 Å². The van der Waals surface area contributed by atoms with Crippen molar-refractivity contribution in [2.24, 2.45) is 0 Å². The molecule has 1 aromatic heterocycles. The van der Waals surface area contributed by atoms with Crippen molar-refractivity contribution in [2.75, 3.05) is 0 Å². The van der Waals surface area contributed by atoms with Crippen molar-refractivity contribution in [3.05, 3.63) is 53.6 Å². The first-order valence-electron chi connectivity index (χ1n) is 4.68. The fourth-order valence-corrected chi connectivity index (χ4v) is 1.40. The standard InChI is InChI=1S/C11H10N2O3/c14-10(9-5-12-6-13-9)7-1-3-8(4-2-7)11(15)16/h1-6,10,14H,(H,12,13)(H,15,16). The number of aliphatic hydroxyl groups is 1. The summed E-state index contributed by atoms with van der Waals surface area (Å²) in [6, 6.07) is 6.07.